The van der Waals surface area contributed by atoms with E-state index in [0.717, 1.165) is 32.6 Å². The first-order valence-electron chi connectivity index (χ1n) is 6.87. The number of phenolic OH excluding ortho intramolecular Hbond substituents is 2. The summed E-state index contributed by atoms with van der Waals surface area (Å²) in [5, 5.41) is 18.9. The van der Waals surface area contributed by atoms with Gasteiger partial charge < -0.3 is 14.9 Å². The Morgan fingerprint density at radius 1 is 1.35 bits per heavy atom. The summed E-state index contributed by atoms with van der Waals surface area (Å²) >= 11 is 0. The van der Waals surface area contributed by atoms with Crippen molar-refractivity contribution in [2.75, 3.05) is 33.4 Å². The van der Waals surface area contributed by atoms with Crippen LogP contribution < -0.4 is 0 Å². The molecule has 110 valence electrons. The first-order chi connectivity index (χ1) is 9.56. The van der Waals surface area contributed by atoms with Crippen molar-refractivity contribution in [3.8, 4) is 11.5 Å². The van der Waals surface area contributed by atoms with Crippen molar-refractivity contribution in [3.05, 3.63) is 23.8 Å². The summed E-state index contributed by atoms with van der Waals surface area (Å²) in [6.45, 7) is 2.71. The summed E-state index contributed by atoms with van der Waals surface area (Å²) in [4.78, 5) is 14.1. The van der Waals surface area contributed by atoms with Crippen molar-refractivity contribution >= 4 is 5.78 Å². The van der Waals surface area contributed by atoms with Gasteiger partial charge in [0, 0.05) is 25.8 Å². The highest BCUT2D eigenvalue weighted by Gasteiger charge is 2.19. The number of nitrogens with zero attached hydrogens (tertiary/aromatic N) is 1. The van der Waals surface area contributed by atoms with Crippen LogP contribution in [-0.2, 0) is 4.74 Å². The average molecular weight is 279 g/mol. The molecule has 1 heterocycles. The molecule has 1 aliphatic rings. The number of rotatable bonds is 5. The zero-order valence-electron chi connectivity index (χ0n) is 11.7. The highest BCUT2D eigenvalue weighted by molar-refractivity contribution is 6.00. The molecule has 2 N–H and O–H groups in total. The molecule has 0 spiro atoms. The molecule has 5 nitrogen and oxygen atoms in total. The van der Waals surface area contributed by atoms with E-state index in [1.165, 1.54) is 18.2 Å². The van der Waals surface area contributed by atoms with E-state index in [0.29, 0.717) is 5.92 Å². The number of benzene rings is 1. The normalized spacial score (nSPS) is 16.5. The van der Waals surface area contributed by atoms with Crippen molar-refractivity contribution in [2.24, 2.45) is 5.92 Å². The fourth-order valence-electron chi connectivity index (χ4n) is 2.52. The maximum atomic E-state index is 12.1. The zero-order chi connectivity index (χ0) is 14.5. The molecule has 0 amide bonds. The highest BCUT2D eigenvalue weighted by atomic mass is 16.5. The van der Waals surface area contributed by atoms with E-state index in [1.807, 2.05) is 11.9 Å². The first-order valence-corrected chi connectivity index (χ1v) is 6.87. The van der Waals surface area contributed by atoms with Gasteiger partial charge in [-0.1, -0.05) is 0 Å². The van der Waals surface area contributed by atoms with Crippen molar-refractivity contribution in [2.45, 2.75) is 12.8 Å². The molecule has 0 aromatic heterocycles. The van der Waals surface area contributed by atoms with Crippen LogP contribution in [0.3, 0.4) is 0 Å². The molecule has 1 aliphatic heterocycles. The van der Waals surface area contributed by atoms with Gasteiger partial charge in [0.15, 0.2) is 5.78 Å². The largest absolute Gasteiger partial charge is 0.508 e. The Bertz CT molecular complexity index is 469. The Morgan fingerprint density at radius 3 is 2.70 bits per heavy atom. The van der Waals surface area contributed by atoms with Crippen molar-refractivity contribution in [3.63, 3.8) is 0 Å². The van der Waals surface area contributed by atoms with Gasteiger partial charge in [-0.15, -0.1) is 0 Å². The lowest BCUT2D eigenvalue weighted by atomic mass is 9.99. The van der Waals surface area contributed by atoms with Gasteiger partial charge in [0.2, 0.25) is 0 Å². The van der Waals surface area contributed by atoms with Crippen LogP contribution in [0.1, 0.15) is 23.2 Å². The van der Waals surface area contributed by atoms with Crippen LogP contribution >= 0.6 is 0 Å². The maximum Gasteiger partial charge on any atom is 0.180 e. The van der Waals surface area contributed by atoms with E-state index in [-0.39, 0.29) is 29.4 Å². The Morgan fingerprint density at radius 2 is 2.05 bits per heavy atom. The molecule has 20 heavy (non-hydrogen) atoms. The molecule has 0 bridgehead atoms. The molecule has 0 radical (unpaired) electrons. The molecule has 1 fully saturated rings. The average Bonchev–Trinajstić information content (AvgIpc) is 2.39. The minimum absolute atomic E-state index is 0.0467. The first kappa shape index (κ1) is 14.8. The third kappa shape index (κ3) is 3.95. The topological polar surface area (TPSA) is 70.0 Å². The number of ketones is 1. The number of hydrogen-bond donors (Lipinski definition) is 2. The molecule has 5 heteroatoms. The third-order valence-electron chi connectivity index (χ3n) is 3.61. The van der Waals surface area contributed by atoms with Crippen molar-refractivity contribution in [1.82, 2.24) is 4.90 Å². The summed E-state index contributed by atoms with van der Waals surface area (Å²) < 4.78 is 5.32. The Labute approximate surface area is 118 Å². The number of phenols is 2. The van der Waals surface area contributed by atoms with E-state index in [9.17, 15) is 15.0 Å². The quantitative estimate of drug-likeness (QED) is 0.802. The second kappa shape index (κ2) is 6.72. The van der Waals surface area contributed by atoms with Gasteiger partial charge in [-0.05, 0) is 37.9 Å². The van der Waals surface area contributed by atoms with E-state index >= 15 is 0 Å². The summed E-state index contributed by atoms with van der Waals surface area (Å²) in [6, 6.07) is 4.05. The van der Waals surface area contributed by atoms with Crippen LogP contribution in [0.2, 0.25) is 0 Å². The second-order valence-corrected chi connectivity index (χ2v) is 5.38. The van der Waals surface area contributed by atoms with Gasteiger partial charge in [0.1, 0.15) is 11.5 Å². The summed E-state index contributed by atoms with van der Waals surface area (Å²) in [6.07, 6.45) is 2.06. The lowest BCUT2D eigenvalue weighted by Crippen LogP contribution is -2.33. The SMILES string of the molecule is CN(CC(=O)c1ccc(O)cc1O)CC1CCOCC1. The van der Waals surface area contributed by atoms with Crippen molar-refractivity contribution < 1.29 is 19.7 Å². The second-order valence-electron chi connectivity index (χ2n) is 5.38. The number of ether oxygens (including phenoxy) is 1. The molecular formula is C15H21NO4. The monoisotopic (exact) mass is 279 g/mol. The van der Waals surface area contributed by atoms with E-state index < -0.39 is 0 Å². The molecule has 0 aliphatic carbocycles. The van der Waals surface area contributed by atoms with Gasteiger partial charge in [-0.2, -0.15) is 0 Å². The van der Waals surface area contributed by atoms with Crippen LogP contribution in [0, 0.1) is 5.92 Å². The number of hydrogen-bond acceptors (Lipinski definition) is 5. The number of carbonyl (C=O) groups excluding carboxylic acids is 1. The number of Topliss-reactive ketones (excluding diaryl/α,β-unsaturated/α-hetero) is 1. The molecular weight excluding hydrogens is 258 g/mol. The van der Waals surface area contributed by atoms with Gasteiger partial charge in [0.25, 0.3) is 0 Å². The van der Waals surface area contributed by atoms with Crippen LogP contribution in [0.15, 0.2) is 18.2 Å². The van der Waals surface area contributed by atoms with E-state index in [2.05, 4.69) is 0 Å². The Hall–Kier alpha value is -1.59. The Balaban J connectivity index is 1.89. The maximum absolute atomic E-state index is 12.1. The van der Waals surface area contributed by atoms with Crippen LogP contribution in [-0.4, -0.2) is 54.2 Å². The standard InChI is InChI=1S/C15H21NO4/c1-16(9-11-4-6-20-7-5-11)10-15(19)13-3-2-12(17)8-14(13)18/h2-3,8,11,17-18H,4-7,9-10H2,1H3. The summed E-state index contributed by atoms with van der Waals surface area (Å²) in [5.41, 5.74) is 0.252. The lowest BCUT2D eigenvalue weighted by Gasteiger charge is -2.26. The molecule has 1 aromatic carbocycles. The summed E-state index contributed by atoms with van der Waals surface area (Å²) in [5.74, 6) is 0.205. The van der Waals surface area contributed by atoms with Crippen LogP contribution in [0.4, 0.5) is 0 Å². The van der Waals surface area contributed by atoms with E-state index in [1.54, 1.807) is 0 Å². The minimum Gasteiger partial charge on any atom is -0.508 e. The molecule has 1 saturated heterocycles. The predicted octanol–water partition coefficient (Wildman–Crippen LogP) is 1.64. The number of carbonyl (C=O) groups is 1. The highest BCUT2D eigenvalue weighted by Crippen LogP contribution is 2.23. The molecule has 0 saturated carbocycles. The Kier molecular flexibility index (Phi) is 4.98. The molecule has 0 atom stereocenters. The van der Waals surface area contributed by atoms with Crippen LogP contribution in [0.25, 0.3) is 0 Å². The molecule has 2 rings (SSSR count). The van der Waals surface area contributed by atoms with Crippen LogP contribution in [0.5, 0.6) is 11.5 Å². The third-order valence-corrected chi connectivity index (χ3v) is 3.61. The fourth-order valence-corrected chi connectivity index (χ4v) is 2.52. The smallest absolute Gasteiger partial charge is 0.180 e. The molecule has 0 unspecified atom stereocenters. The number of likely N-dealkylation sites (N-methyl/N-ethyl adjacent to an activating group) is 1. The molecule has 1 aromatic rings. The van der Waals surface area contributed by atoms with Gasteiger partial charge in [0.05, 0.1) is 12.1 Å². The fraction of sp³-hybridized carbons (Fsp3) is 0.533. The zero-order valence-corrected chi connectivity index (χ0v) is 11.7. The number of aromatic hydroxyl groups is 2. The van der Waals surface area contributed by atoms with Gasteiger partial charge in [-0.25, -0.2) is 0 Å². The summed E-state index contributed by atoms with van der Waals surface area (Å²) in [7, 11) is 1.91. The lowest BCUT2D eigenvalue weighted by molar-refractivity contribution is 0.0549. The predicted molar refractivity (Wildman–Crippen MR) is 75.1 cm³/mol. The van der Waals surface area contributed by atoms with Gasteiger partial charge in [-0.3, -0.25) is 9.69 Å². The van der Waals surface area contributed by atoms with Gasteiger partial charge >= 0.3 is 0 Å². The minimum atomic E-state index is -0.172. The van der Waals surface area contributed by atoms with E-state index in [4.69, 9.17) is 4.74 Å². The van der Waals surface area contributed by atoms with Crippen molar-refractivity contribution in [1.29, 1.82) is 0 Å².